The maximum Gasteiger partial charge on any atom is 0.227 e. The number of nitrogens with one attached hydrogen (secondary N) is 1. The number of amides is 1. The van der Waals surface area contributed by atoms with Crippen LogP contribution in [-0.2, 0) is 28.0 Å². The second-order valence-electron chi connectivity index (χ2n) is 6.44. The molecule has 2 rings (SSSR count). The van der Waals surface area contributed by atoms with Crippen LogP contribution in [0.25, 0.3) is 0 Å². The highest BCUT2D eigenvalue weighted by atomic mass is 16.5. The second kappa shape index (κ2) is 7.37. The molecule has 1 amide bonds. The second-order valence-corrected chi connectivity index (χ2v) is 6.44. The van der Waals surface area contributed by atoms with Crippen molar-refractivity contribution in [3.05, 3.63) is 41.5 Å². The van der Waals surface area contributed by atoms with E-state index in [0.717, 1.165) is 11.3 Å². The van der Waals surface area contributed by atoms with Crippen molar-refractivity contribution in [1.82, 2.24) is 10.1 Å². The fraction of sp³-hybridized carbons (Fsp3) is 0.471. The number of carbonyl (C=O) groups excluding carboxylic acids is 1. The molecule has 0 radical (unpaired) electrons. The number of ether oxygens (including phenoxy) is 1. The van der Waals surface area contributed by atoms with E-state index < -0.39 is 0 Å². The van der Waals surface area contributed by atoms with E-state index in [1.807, 2.05) is 45.0 Å². The molecule has 0 saturated carbocycles. The minimum Gasteiger partial charge on any atom is -0.380 e. The highest BCUT2D eigenvalue weighted by Gasteiger charge is 2.21. The van der Waals surface area contributed by atoms with E-state index in [4.69, 9.17) is 9.26 Å². The van der Waals surface area contributed by atoms with E-state index in [0.29, 0.717) is 31.2 Å². The summed E-state index contributed by atoms with van der Waals surface area (Å²) in [5.74, 6) is 1.05. The number of anilines is 1. The molecule has 0 bridgehead atoms. The van der Waals surface area contributed by atoms with Crippen molar-refractivity contribution in [3.63, 3.8) is 0 Å². The summed E-state index contributed by atoms with van der Waals surface area (Å²) in [4.78, 5) is 16.4. The van der Waals surface area contributed by atoms with Gasteiger partial charge < -0.3 is 14.6 Å². The van der Waals surface area contributed by atoms with Gasteiger partial charge in [0, 0.05) is 31.1 Å². The molecule has 1 aromatic heterocycles. The van der Waals surface area contributed by atoms with Gasteiger partial charge in [-0.25, -0.2) is 0 Å². The summed E-state index contributed by atoms with van der Waals surface area (Å²) in [5, 5.41) is 6.81. The molecule has 0 saturated heterocycles. The average Bonchev–Trinajstić information content (AvgIpc) is 2.95. The first-order valence-corrected chi connectivity index (χ1v) is 7.59. The van der Waals surface area contributed by atoms with Crippen LogP contribution in [0.15, 0.2) is 28.8 Å². The van der Waals surface area contributed by atoms with Crippen LogP contribution >= 0.6 is 0 Å². The van der Waals surface area contributed by atoms with Gasteiger partial charge in [-0.1, -0.05) is 38.1 Å². The van der Waals surface area contributed by atoms with Crippen molar-refractivity contribution >= 4 is 11.6 Å². The Labute approximate surface area is 136 Å². The largest absolute Gasteiger partial charge is 0.380 e. The lowest BCUT2D eigenvalue weighted by atomic mass is 9.96. The zero-order valence-corrected chi connectivity index (χ0v) is 14.0. The van der Waals surface area contributed by atoms with E-state index in [1.54, 1.807) is 7.11 Å². The van der Waals surface area contributed by atoms with Crippen LogP contribution in [0.1, 0.15) is 44.5 Å². The maximum absolute atomic E-state index is 12.0. The molecule has 23 heavy (non-hydrogen) atoms. The van der Waals surface area contributed by atoms with Gasteiger partial charge in [0.15, 0.2) is 5.82 Å². The van der Waals surface area contributed by atoms with E-state index in [-0.39, 0.29) is 11.3 Å². The molecular weight excluding hydrogens is 294 g/mol. The molecule has 1 N–H and O–H groups in total. The van der Waals surface area contributed by atoms with Crippen LogP contribution in [0.3, 0.4) is 0 Å². The Morgan fingerprint density at radius 2 is 2.13 bits per heavy atom. The van der Waals surface area contributed by atoms with E-state index in [2.05, 4.69) is 15.5 Å². The Morgan fingerprint density at radius 3 is 2.78 bits per heavy atom. The molecule has 0 aliphatic heterocycles. The van der Waals surface area contributed by atoms with Gasteiger partial charge in [-0.2, -0.15) is 4.98 Å². The van der Waals surface area contributed by atoms with Gasteiger partial charge in [-0.3, -0.25) is 4.79 Å². The summed E-state index contributed by atoms with van der Waals surface area (Å²) < 4.78 is 10.3. The van der Waals surface area contributed by atoms with Crippen molar-refractivity contribution in [1.29, 1.82) is 0 Å². The van der Waals surface area contributed by atoms with Crippen LogP contribution in [0.4, 0.5) is 5.69 Å². The summed E-state index contributed by atoms with van der Waals surface area (Å²) in [5.41, 5.74) is 1.61. The highest BCUT2D eigenvalue weighted by molar-refractivity contribution is 5.90. The van der Waals surface area contributed by atoms with Crippen molar-refractivity contribution in [2.24, 2.45) is 0 Å². The molecule has 0 unspecified atom stereocenters. The normalized spacial score (nSPS) is 11.5. The lowest BCUT2D eigenvalue weighted by Gasteiger charge is -2.10. The van der Waals surface area contributed by atoms with Crippen molar-refractivity contribution in [2.45, 2.75) is 45.6 Å². The number of hydrogen-bond donors (Lipinski definition) is 1. The van der Waals surface area contributed by atoms with E-state index in [1.165, 1.54) is 0 Å². The molecule has 0 aliphatic carbocycles. The van der Waals surface area contributed by atoms with Crippen LogP contribution in [0, 0.1) is 0 Å². The number of carbonyl (C=O) groups is 1. The standard InChI is InChI=1S/C17H23N3O3/c1-17(2,3)16-19-15(23-20-16)9-8-14(21)18-13-7-5-6-12(10-13)11-22-4/h5-7,10H,8-9,11H2,1-4H3,(H,18,21). The van der Waals surface area contributed by atoms with Gasteiger partial charge in [-0.05, 0) is 17.7 Å². The molecule has 6 heteroatoms. The Bertz CT molecular complexity index is 659. The van der Waals surface area contributed by atoms with E-state index >= 15 is 0 Å². The molecule has 124 valence electrons. The molecule has 1 aromatic carbocycles. The summed E-state index contributed by atoms with van der Waals surface area (Å²) in [7, 11) is 1.64. The summed E-state index contributed by atoms with van der Waals surface area (Å²) in [6.45, 7) is 6.56. The minimum absolute atomic E-state index is 0.0879. The predicted molar refractivity (Wildman–Crippen MR) is 87.1 cm³/mol. The Hall–Kier alpha value is -2.21. The minimum atomic E-state index is -0.161. The van der Waals surface area contributed by atoms with Crippen molar-refractivity contribution in [3.8, 4) is 0 Å². The fourth-order valence-electron chi connectivity index (χ4n) is 2.01. The van der Waals surface area contributed by atoms with Gasteiger partial charge in [0.25, 0.3) is 0 Å². The lowest BCUT2D eigenvalue weighted by molar-refractivity contribution is -0.116. The molecule has 0 aliphatic rings. The maximum atomic E-state index is 12.0. The SMILES string of the molecule is COCc1cccc(NC(=O)CCc2nc(C(C)(C)C)no2)c1. The molecular formula is C17H23N3O3. The Kier molecular flexibility index (Phi) is 5.50. The number of aryl methyl sites for hydroxylation is 1. The van der Waals surface area contributed by atoms with Crippen molar-refractivity contribution in [2.75, 3.05) is 12.4 Å². The van der Waals surface area contributed by atoms with Gasteiger partial charge in [0.2, 0.25) is 11.8 Å². The number of rotatable bonds is 6. The smallest absolute Gasteiger partial charge is 0.227 e. The fourth-order valence-corrected chi connectivity index (χ4v) is 2.01. The monoisotopic (exact) mass is 317 g/mol. The van der Waals surface area contributed by atoms with Crippen molar-refractivity contribution < 1.29 is 14.1 Å². The zero-order valence-electron chi connectivity index (χ0n) is 14.0. The number of nitrogens with zero attached hydrogens (tertiary/aromatic N) is 2. The Morgan fingerprint density at radius 1 is 1.35 bits per heavy atom. The van der Waals surface area contributed by atoms with Crippen LogP contribution in [0.5, 0.6) is 0 Å². The molecule has 0 atom stereocenters. The lowest BCUT2D eigenvalue weighted by Crippen LogP contribution is -2.14. The Balaban J connectivity index is 1.88. The number of hydrogen-bond acceptors (Lipinski definition) is 5. The van der Waals surface area contributed by atoms with E-state index in [9.17, 15) is 4.79 Å². The first kappa shape index (κ1) is 17.1. The molecule has 1 heterocycles. The highest BCUT2D eigenvalue weighted by Crippen LogP contribution is 2.19. The summed E-state index contributed by atoms with van der Waals surface area (Å²) >= 11 is 0. The molecule has 6 nitrogen and oxygen atoms in total. The van der Waals surface area contributed by atoms with Gasteiger partial charge in [0.05, 0.1) is 6.61 Å². The molecule has 0 fully saturated rings. The van der Waals surface area contributed by atoms with Gasteiger partial charge in [0.1, 0.15) is 0 Å². The average molecular weight is 317 g/mol. The first-order chi connectivity index (χ1) is 10.9. The predicted octanol–water partition coefficient (Wildman–Crippen LogP) is 3.08. The van der Waals surface area contributed by atoms with Crippen LogP contribution in [0.2, 0.25) is 0 Å². The van der Waals surface area contributed by atoms with Gasteiger partial charge in [-0.15, -0.1) is 0 Å². The van der Waals surface area contributed by atoms with Crippen LogP contribution in [-0.4, -0.2) is 23.2 Å². The quantitative estimate of drug-likeness (QED) is 0.886. The summed E-state index contributed by atoms with van der Waals surface area (Å²) in [6.07, 6.45) is 0.715. The topological polar surface area (TPSA) is 77.2 Å². The third-order valence-electron chi connectivity index (χ3n) is 3.23. The van der Waals surface area contributed by atoms with Gasteiger partial charge >= 0.3 is 0 Å². The third kappa shape index (κ3) is 5.17. The zero-order chi connectivity index (χ0) is 16.9. The summed E-state index contributed by atoms with van der Waals surface area (Å²) in [6, 6.07) is 7.58. The first-order valence-electron chi connectivity index (χ1n) is 7.59. The molecule has 2 aromatic rings. The third-order valence-corrected chi connectivity index (χ3v) is 3.23. The van der Waals surface area contributed by atoms with Crippen LogP contribution < -0.4 is 5.32 Å². The number of methoxy groups -OCH3 is 1. The number of benzene rings is 1. The number of aromatic nitrogens is 2. The molecule has 0 spiro atoms.